The van der Waals surface area contributed by atoms with Crippen molar-refractivity contribution in [3.63, 3.8) is 0 Å². The van der Waals surface area contributed by atoms with E-state index in [0.29, 0.717) is 0 Å². The quantitative estimate of drug-likeness (QED) is 0.151. The summed E-state index contributed by atoms with van der Waals surface area (Å²) in [5.74, 6) is 0. The van der Waals surface area contributed by atoms with E-state index >= 15 is 0 Å². The van der Waals surface area contributed by atoms with E-state index in [4.69, 9.17) is 0 Å². The highest BCUT2D eigenvalue weighted by Crippen LogP contribution is 2.44. The van der Waals surface area contributed by atoms with Crippen molar-refractivity contribution >= 4 is 118 Å². The van der Waals surface area contributed by atoms with Gasteiger partial charge in [-0.05, 0) is 136 Å². The first-order chi connectivity index (χ1) is 38.5. The Balaban J connectivity index is 1.06. The summed E-state index contributed by atoms with van der Waals surface area (Å²) in [6.07, 6.45) is 0. The van der Waals surface area contributed by atoms with Crippen LogP contribution in [-0.4, -0.2) is 25.3 Å². The summed E-state index contributed by atoms with van der Waals surface area (Å²) in [4.78, 5) is 2.69. The molecule has 2 aliphatic heterocycles. The number of nitrogens with zero attached hydrogens (tertiary/aromatic N) is 3. The van der Waals surface area contributed by atoms with Crippen LogP contribution >= 0.6 is 0 Å². The molecule has 0 N–H and O–H groups in total. The van der Waals surface area contributed by atoms with Gasteiger partial charge in [0.1, 0.15) is 0 Å². The molecular weight excluding hydrogens is 987 g/mol. The van der Waals surface area contributed by atoms with Crippen LogP contribution in [0.2, 0.25) is 0 Å². The van der Waals surface area contributed by atoms with Gasteiger partial charge in [-0.3, -0.25) is 0 Å². The zero-order valence-electron chi connectivity index (χ0n) is 45.7. The molecule has 3 nitrogen and oxygen atoms in total. The molecule has 11 aromatic carbocycles. The Morgan fingerprint density at radius 3 is 1.22 bits per heavy atom. The third-order valence-electron chi connectivity index (χ3n) is 17.7. The van der Waals surface area contributed by atoms with E-state index in [1.54, 1.807) is 0 Å². The zero-order chi connectivity index (χ0) is 53.4. The summed E-state index contributed by atoms with van der Waals surface area (Å²) in [5.41, 5.74) is 13.7. The van der Waals surface area contributed by atoms with Gasteiger partial charge in [-0.1, -0.05) is 230 Å². The predicted octanol–water partition coefficient (Wildman–Crippen LogP) is 13.3. The first kappa shape index (κ1) is 47.5. The largest absolute Gasteiger partial charge is 0.311 e. The topological polar surface area (TPSA) is 13.1 Å². The Bertz CT molecular complexity index is 4410. The van der Waals surface area contributed by atoms with Gasteiger partial charge >= 0.3 is 0 Å². The molecular formula is C74H61N3Si2. The normalized spacial score (nSPS) is 15.6. The second-order valence-electron chi connectivity index (χ2n) is 24.1. The van der Waals surface area contributed by atoms with Crippen LogP contribution in [0.4, 0.5) is 17.1 Å². The van der Waals surface area contributed by atoms with Crippen LogP contribution in [0.3, 0.4) is 0 Å². The maximum Gasteiger partial charge on any atom is 0.184 e. The molecule has 1 atom stereocenters. The van der Waals surface area contributed by atoms with E-state index in [9.17, 15) is 0 Å². The SMILES string of the molecule is CC(C)(C)c1ccc2c(c1)c1cc(C(C)(C)C)ccc1n2-c1ccc2c(c1)[Si](c1ccccc1)(c1ccccc1)c1cccc3c1N2c1ccccc1[Si]3(c1ccccc1)c1cccc(-n2c3ccccc3c3ccccc32)c1. The summed E-state index contributed by atoms with van der Waals surface area (Å²) in [5, 5.41) is 16.2. The van der Waals surface area contributed by atoms with E-state index in [1.807, 2.05) is 0 Å². The van der Waals surface area contributed by atoms with Gasteiger partial charge in [-0.15, -0.1) is 0 Å². The minimum absolute atomic E-state index is 0.000271. The molecule has 0 aliphatic carbocycles. The Morgan fingerprint density at radius 2 is 0.684 bits per heavy atom. The number of rotatable bonds is 6. The Labute approximate surface area is 465 Å². The molecule has 13 aromatic rings. The van der Waals surface area contributed by atoms with Crippen LogP contribution < -0.4 is 46.4 Å². The number of anilines is 3. The van der Waals surface area contributed by atoms with Crippen LogP contribution in [0.5, 0.6) is 0 Å². The van der Waals surface area contributed by atoms with Crippen molar-refractivity contribution in [3.8, 4) is 11.4 Å². The number of hydrogen-bond acceptors (Lipinski definition) is 1. The van der Waals surface area contributed by atoms with Gasteiger partial charge in [-0.25, -0.2) is 0 Å². The average Bonchev–Trinajstić information content (AvgIpc) is 3.08. The molecule has 2 aliphatic rings. The van der Waals surface area contributed by atoms with E-state index in [-0.39, 0.29) is 10.8 Å². The molecule has 4 heterocycles. The van der Waals surface area contributed by atoms with Crippen molar-refractivity contribution in [2.75, 3.05) is 4.90 Å². The monoisotopic (exact) mass is 1050 g/mol. The van der Waals surface area contributed by atoms with Crippen molar-refractivity contribution < 1.29 is 0 Å². The highest BCUT2D eigenvalue weighted by atomic mass is 28.3. The Hall–Kier alpha value is -8.75. The third-order valence-corrected chi connectivity index (χ3v) is 27.4. The number of aromatic nitrogens is 2. The lowest BCUT2D eigenvalue weighted by Gasteiger charge is -2.52. The van der Waals surface area contributed by atoms with Gasteiger partial charge < -0.3 is 14.0 Å². The lowest BCUT2D eigenvalue weighted by Crippen LogP contribution is -2.82. The van der Waals surface area contributed by atoms with Gasteiger partial charge in [0.15, 0.2) is 16.1 Å². The molecule has 0 bridgehead atoms. The van der Waals surface area contributed by atoms with Gasteiger partial charge in [0.25, 0.3) is 0 Å². The van der Waals surface area contributed by atoms with Crippen molar-refractivity contribution in [3.05, 3.63) is 272 Å². The molecule has 0 fully saturated rings. The molecule has 0 saturated carbocycles. The van der Waals surface area contributed by atoms with Crippen molar-refractivity contribution in [2.45, 2.75) is 52.4 Å². The number of para-hydroxylation sites is 4. The molecule has 79 heavy (non-hydrogen) atoms. The fraction of sp³-hybridized carbons (Fsp3) is 0.108. The molecule has 2 aromatic heterocycles. The highest BCUT2D eigenvalue weighted by molar-refractivity contribution is 7.24. The summed E-state index contributed by atoms with van der Waals surface area (Å²) in [6.45, 7) is 14.0. The van der Waals surface area contributed by atoms with Crippen LogP contribution in [-0.2, 0) is 10.8 Å². The van der Waals surface area contributed by atoms with E-state index in [2.05, 4.69) is 316 Å². The van der Waals surface area contributed by atoms with Gasteiger partial charge in [0.2, 0.25) is 0 Å². The number of hydrogen-bond donors (Lipinski definition) is 0. The van der Waals surface area contributed by atoms with Crippen LogP contribution in [0, 0.1) is 0 Å². The fourth-order valence-electron chi connectivity index (χ4n) is 14.1. The zero-order valence-corrected chi connectivity index (χ0v) is 47.7. The van der Waals surface area contributed by atoms with Gasteiger partial charge in [0, 0.05) is 50.0 Å². The maximum atomic E-state index is 2.69. The average molecular weight is 1050 g/mol. The van der Waals surface area contributed by atoms with Crippen molar-refractivity contribution in [1.29, 1.82) is 0 Å². The van der Waals surface area contributed by atoms with Gasteiger partial charge in [0.05, 0.1) is 22.1 Å². The highest BCUT2D eigenvalue weighted by Gasteiger charge is 2.56. The predicted molar refractivity (Wildman–Crippen MR) is 342 cm³/mol. The van der Waals surface area contributed by atoms with Crippen LogP contribution in [0.1, 0.15) is 52.7 Å². The Morgan fingerprint density at radius 1 is 0.278 bits per heavy atom. The second-order valence-corrected chi connectivity index (χ2v) is 31.5. The maximum absolute atomic E-state index is 3.22. The van der Waals surface area contributed by atoms with E-state index in [1.165, 1.54) is 125 Å². The molecule has 5 heteroatoms. The van der Waals surface area contributed by atoms with Crippen molar-refractivity contribution in [2.24, 2.45) is 0 Å². The molecule has 0 spiro atoms. The smallest absolute Gasteiger partial charge is 0.184 e. The number of benzene rings is 11. The third kappa shape index (κ3) is 6.76. The molecule has 0 saturated heterocycles. The lowest BCUT2D eigenvalue weighted by atomic mass is 9.85. The standard InChI is InChI=1S/C74H61N3Si2/c1-73(2,3)50-40-43-64-60(46-50)61-47-51(74(4,5)6)41-44-65(61)76(64)53-42-45-67-71(49-53)78(54-25-10-7-11-26-54,55-27-12-8-13-28-55)69-38-23-39-70-72(69)77(67)66-36-20-21-37-68(66)79(70,56-29-14-9-15-30-56)57-31-22-24-52(48-57)75-62-34-18-16-32-58(62)59-33-17-19-35-63(59)75/h7-49H,1-6H3. The minimum Gasteiger partial charge on any atom is -0.311 e. The van der Waals surface area contributed by atoms with E-state index < -0.39 is 16.1 Å². The van der Waals surface area contributed by atoms with Gasteiger partial charge in [-0.2, -0.15) is 0 Å². The second kappa shape index (κ2) is 17.4. The Kier molecular flexibility index (Phi) is 10.4. The lowest BCUT2D eigenvalue weighted by molar-refractivity contribution is 0.590. The first-order valence-corrected chi connectivity index (χ1v) is 32.0. The molecule has 15 rings (SSSR count). The summed E-state index contributed by atoms with van der Waals surface area (Å²) < 4.78 is 5.05. The summed E-state index contributed by atoms with van der Waals surface area (Å²) >= 11 is 0. The number of fused-ring (bicyclic) bond motifs is 10. The van der Waals surface area contributed by atoms with E-state index in [0.717, 1.165) is 0 Å². The molecule has 380 valence electrons. The summed E-state index contributed by atoms with van der Waals surface area (Å²) in [7, 11) is -6.40. The van der Waals surface area contributed by atoms with Crippen molar-refractivity contribution in [1.82, 2.24) is 9.13 Å². The molecule has 0 radical (unpaired) electrons. The van der Waals surface area contributed by atoms with Crippen LogP contribution in [0.25, 0.3) is 55.0 Å². The summed E-state index contributed by atoms with van der Waals surface area (Å²) in [6, 6.07) is 101. The molecule has 0 amide bonds. The fourth-order valence-corrected chi connectivity index (χ4v) is 24.6. The first-order valence-electron chi connectivity index (χ1n) is 28.0. The molecule has 1 unspecified atom stereocenters. The minimum atomic E-state index is -3.22. The van der Waals surface area contributed by atoms with Crippen LogP contribution in [0.15, 0.2) is 261 Å².